The van der Waals surface area contributed by atoms with Crippen LogP contribution in [0.4, 0.5) is 0 Å². The molecule has 9 heteroatoms. The summed E-state index contributed by atoms with van der Waals surface area (Å²) in [5.74, 6) is 0.873. The molecule has 1 aliphatic rings. The summed E-state index contributed by atoms with van der Waals surface area (Å²) in [4.78, 5) is 27.0. The van der Waals surface area contributed by atoms with Gasteiger partial charge in [0.25, 0.3) is 11.8 Å². The van der Waals surface area contributed by atoms with E-state index in [9.17, 15) is 14.7 Å². The Morgan fingerprint density at radius 2 is 2.03 bits per heavy atom. The molecule has 0 unspecified atom stereocenters. The van der Waals surface area contributed by atoms with E-state index in [-0.39, 0.29) is 17.9 Å². The molecule has 0 spiro atoms. The average molecular weight is 462 g/mol. The fourth-order valence-corrected chi connectivity index (χ4v) is 4.65. The quantitative estimate of drug-likeness (QED) is 0.487. The van der Waals surface area contributed by atoms with Gasteiger partial charge in [-0.15, -0.1) is 0 Å². The molecule has 0 aliphatic carbocycles. The molecule has 1 fully saturated rings. The van der Waals surface area contributed by atoms with Crippen molar-refractivity contribution < 1.29 is 19.4 Å². The number of ether oxygens (including phenoxy) is 1. The summed E-state index contributed by atoms with van der Waals surface area (Å²) in [6.45, 7) is 7.64. The van der Waals surface area contributed by atoms with Gasteiger partial charge < -0.3 is 24.5 Å². The molecule has 0 radical (unpaired) electrons. The smallest absolute Gasteiger partial charge is 0.268 e. The number of β-amino-alcohol motifs (C(OH)–C–C–N with tert-alkyl or cyclic N) is 1. The van der Waals surface area contributed by atoms with Gasteiger partial charge in [-0.3, -0.25) is 9.59 Å². The minimum absolute atomic E-state index is 0.139. The first-order chi connectivity index (χ1) is 16.1. The number of amides is 2. The Bertz CT molecular complexity index is 1470. The van der Waals surface area contributed by atoms with E-state index in [1.807, 2.05) is 37.3 Å². The van der Waals surface area contributed by atoms with Crippen molar-refractivity contribution in [3.05, 3.63) is 65.2 Å². The van der Waals surface area contributed by atoms with Crippen molar-refractivity contribution in [3.8, 4) is 11.5 Å². The van der Waals surface area contributed by atoms with E-state index >= 15 is 0 Å². The van der Waals surface area contributed by atoms with Crippen LogP contribution in [0.1, 0.15) is 45.8 Å². The minimum Gasteiger partial charge on any atom is -0.455 e. The maximum Gasteiger partial charge on any atom is 0.268 e. The van der Waals surface area contributed by atoms with Crippen LogP contribution in [0.2, 0.25) is 0 Å². The van der Waals surface area contributed by atoms with E-state index in [0.717, 1.165) is 16.6 Å². The van der Waals surface area contributed by atoms with E-state index < -0.39 is 5.60 Å². The van der Waals surface area contributed by atoms with Crippen LogP contribution < -0.4 is 10.1 Å². The Morgan fingerprint density at radius 3 is 2.71 bits per heavy atom. The number of rotatable bonds is 4. The van der Waals surface area contributed by atoms with Crippen molar-refractivity contribution in [2.75, 3.05) is 13.6 Å². The number of aliphatic hydroxyl groups is 1. The lowest BCUT2D eigenvalue weighted by molar-refractivity contribution is -0.111. The van der Waals surface area contributed by atoms with Crippen molar-refractivity contribution >= 4 is 22.8 Å². The van der Waals surface area contributed by atoms with Crippen molar-refractivity contribution in [2.24, 2.45) is 0 Å². The summed E-state index contributed by atoms with van der Waals surface area (Å²) in [7, 11) is 1.61. The predicted molar refractivity (Wildman–Crippen MR) is 127 cm³/mol. The molecule has 9 nitrogen and oxygen atoms in total. The highest BCUT2D eigenvalue weighted by atomic mass is 16.5. The fraction of sp³-hybridized carbons (Fsp3) is 0.320. The van der Waals surface area contributed by atoms with Gasteiger partial charge in [0.15, 0.2) is 5.75 Å². The first kappa shape index (κ1) is 22.0. The third kappa shape index (κ3) is 3.23. The van der Waals surface area contributed by atoms with Crippen LogP contribution in [0, 0.1) is 13.8 Å². The van der Waals surface area contributed by atoms with Crippen molar-refractivity contribution in [1.29, 1.82) is 0 Å². The number of carbonyl (C=O) groups is 2. The maximum atomic E-state index is 13.1. The second-order valence-electron chi connectivity index (χ2n) is 9.14. The molecule has 2 atom stereocenters. The number of aromatic nitrogens is 3. The molecule has 5 rings (SSSR count). The van der Waals surface area contributed by atoms with Gasteiger partial charge in [-0.25, -0.2) is 4.52 Å². The Morgan fingerprint density at radius 1 is 1.26 bits per heavy atom. The molecule has 0 bridgehead atoms. The van der Waals surface area contributed by atoms with Gasteiger partial charge in [-0.1, -0.05) is 0 Å². The van der Waals surface area contributed by atoms with Crippen LogP contribution in [-0.2, 0) is 0 Å². The van der Waals surface area contributed by atoms with Crippen LogP contribution in [0.5, 0.6) is 11.5 Å². The van der Waals surface area contributed by atoms with Crippen LogP contribution in [0.15, 0.2) is 42.9 Å². The van der Waals surface area contributed by atoms with E-state index in [1.165, 1.54) is 0 Å². The van der Waals surface area contributed by atoms with Crippen LogP contribution in [0.3, 0.4) is 0 Å². The Hall–Kier alpha value is -3.85. The lowest BCUT2D eigenvalue weighted by atomic mass is 9.86. The first-order valence-electron chi connectivity index (χ1n) is 11.1. The zero-order valence-electron chi connectivity index (χ0n) is 19.8. The predicted octanol–water partition coefficient (Wildman–Crippen LogP) is 2.95. The van der Waals surface area contributed by atoms with Gasteiger partial charge in [0.05, 0.1) is 29.9 Å². The molecular formula is C25H27N5O4. The Balaban J connectivity index is 1.50. The monoisotopic (exact) mass is 461 g/mol. The SMILES string of the molecule is CNC(=O)c1c(C)cc2cc(Oc3ccnn4cc(C(=O)N5C[C@](C)(O)[C@H]5C)c(C)c34)ccn12. The van der Waals surface area contributed by atoms with E-state index in [2.05, 4.69) is 10.4 Å². The molecule has 5 heterocycles. The molecule has 1 aliphatic heterocycles. The third-order valence-corrected chi connectivity index (χ3v) is 6.84. The van der Waals surface area contributed by atoms with Gasteiger partial charge in [0, 0.05) is 37.1 Å². The zero-order valence-corrected chi connectivity index (χ0v) is 19.8. The number of aryl methyl sites for hydroxylation is 2. The van der Waals surface area contributed by atoms with E-state index in [0.29, 0.717) is 34.8 Å². The molecule has 176 valence electrons. The topological polar surface area (TPSA) is 101 Å². The highest BCUT2D eigenvalue weighted by Gasteiger charge is 2.47. The Kier molecular flexibility index (Phi) is 4.91. The van der Waals surface area contributed by atoms with Crippen LogP contribution in [-0.4, -0.2) is 61.1 Å². The summed E-state index contributed by atoms with van der Waals surface area (Å²) in [5, 5.41) is 17.3. The summed E-state index contributed by atoms with van der Waals surface area (Å²) in [6, 6.07) is 7.09. The molecule has 4 aromatic heterocycles. The molecular weight excluding hydrogens is 434 g/mol. The molecule has 1 saturated heterocycles. The Labute approximate surface area is 196 Å². The van der Waals surface area contributed by atoms with Crippen molar-refractivity contribution in [2.45, 2.75) is 39.3 Å². The summed E-state index contributed by atoms with van der Waals surface area (Å²) in [5.41, 5.74) is 3.39. The number of pyridine rings is 1. The second-order valence-corrected chi connectivity index (χ2v) is 9.14. The zero-order chi connectivity index (χ0) is 24.4. The third-order valence-electron chi connectivity index (χ3n) is 6.84. The summed E-state index contributed by atoms with van der Waals surface area (Å²) < 4.78 is 9.69. The number of nitrogens with zero attached hydrogens (tertiary/aromatic N) is 4. The van der Waals surface area contributed by atoms with Gasteiger partial charge in [0.2, 0.25) is 0 Å². The number of carbonyl (C=O) groups excluding carboxylic acids is 2. The molecule has 0 aromatic carbocycles. The number of fused-ring (bicyclic) bond motifs is 2. The maximum absolute atomic E-state index is 13.1. The van der Waals surface area contributed by atoms with Gasteiger partial charge in [0.1, 0.15) is 17.0 Å². The lowest BCUT2D eigenvalue weighted by Crippen LogP contribution is -2.68. The molecule has 4 aromatic rings. The normalized spacial score (nSPS) is 19.9. The first-order valence-corrected chi connectivity index (χ1v) is 11.1. The molecule has 2 amide bonds. The molecule has 34 heavy (non-hydrogen) atoms. The molecule has 2 N–H and O–H groups in total. The van der Waals surface area contributed by atoms with Gasteiger partial charge in [-0.2, -0.15) is 5.10 Å². The van der Waals surface area contributed by atoms with Gasteiger partial charge in [-0.05, 0) is 51.0 Å². The van der Waals surface area contributed by atoms with Gasteiger partial charge >= 0.3 is 0 Å². The summed E-state index contributed by atoms with van der Waals surface area (Å²) >= 11 is 0. The second kappa shape index (κ2) is 7.59. The number of nitrogens with one attached hydrogen (secondary N) is 1. The van der Waals surface area contributed by atoms with Crippen LogP contribution in [0.25, 0.3) is 11.0 Å². The molecule has 0 saturated carbocycles. The van der Waals surface area contributed by atoms with Crippen molar-refractivity contribution in [1.82, 2.24) is 24.2 Å². The van der Waals surface area contributed by atoms with E-state index in [1.54, 1.807) is 54.1 Å². The number of likely N-dealkylation sites (tertiary alicyclic amines) is 1. The number of hydrogen-bond donors (Lipinski definition) is 2. The highest BCUT2D eigenvalue weighted by Crippen LogP contribution is 2.34. The van der Waals surface area contributed by atoms with E-state index in [4.69, 9.17) is 4.74 Å². The lowest BCUT2D eigenvalue weighted by Gasteiger charge is -2.51. The van der Waals surface area contributed by atoms with Crippen molar-refractivity contribution in [3.63, 3.8) is 0 Å². The standard InChI is InChI=1S/C25H27N5O4/c1-14-10-17-11-18(7-9-28(17)21(14)23(31)26-5)34-20-6-8-27-30-12-19(15(2)22(20)30)24(32)29-13-25(4,33)16(29)3/h6-12,16,33H,13H2,1-5H3,(H,26,31)/t16-,25+/m1/s1. The minimum atomic E-state index is -0.872. The largest absolute Gasteiger partial charge is 0.455 e. The summed E-state index contributed by atoms with van der Waals surface area (Å²) in [6.07, 6.45) is 5.13. The number of hydrogen-bond acceptors (Lipinski definition) is 5. The fourth-order valence-electron chi connectivity index (χ4n) is 4.65. The van der Waals surface area contributed by atoms with Crippen LogP contribution >= 0.6 is 0 Å². The average Bonchev–Trinajstić information content (AvgIpc) is 3.32. The highest BCUT2D eigenvalue weighted by molar-refractivity contribution is 5.99.